The predicted molar refractivity (Wildman–Crippen MR) is 98.1 cm³/mol. The summed E-state index contributed by atoms with van der Waals surface area (Å²) in [5.41, 5.74) is 2.58. The van der Waals surface area contributed by atoms with Gasteiger partial charge in [-0.05, 0) is 52.0 Å². The number of nitrogens with one attached hydrogen (secondary N) is 1. The summed E-state index contributed by atoms with van der Waals surface area (Å²) in [6, 6.07) is 8.35. The molecule has 2 aromatic rings. The molecule has 1 N–H and O–H groups in total. The van der Waals surface area contributed by atoms with Gasteiger partial charge in [0.2, 0.25) is 0 Å². The average Bonchev–Trinajstić information content (AvgIpc) is 2.88. The number of esters is 1. The Morgan fingerprint density at radius 1 is 1.19 bits per heavy atom. The van der Waals surface area contributed by atoms with Crippen molar-refractivity contribution < 1.29 is 19.1 Å². The molecule has 1 amide bonds. The number of anilines is 1. The number of nitriles is 1. The van der Waals surface area contributed by atoms with Crippen LogP contribution in [-0.4, -0.2) is 33.9 Å². The van der Waals surface area contributed by atoms with Gasteiger partial charge < -0.3 is 14.8 Å². The second-order valence-corrected chi connectivity index (χ2v) is 6.13. The Morgan fingerprint density at radius 2 is 1.81 bits per heavy atom. The summed E-state index contributed by atoms with van der Waals surface area (Å²) >= 11 is 0. The van der Waals surface area contributed by atoms with Crippen molar-refractivity contribution >= 4 is 17.6 Å². The number of carbonyl (C=O) groups is 2. The Balaban J connectivity index is 1.93. The number of aryl methyl sites for hydroxylation is 2. The van der Waals surface area contributed by atoms with Gasteiger partial charge in [-0.15, -0.1) is 0 Å². The molecule has 0 spiro atoms. The molecule has 0 unspecified atom stereocenters. The van der Waals surface area contributed by atoms with Crippen LogP contribution in [0, 0.1) is 25.2 Å². The van der Waals surface area contributed by atoms with Crippen LogP contribution in [-0.2, 0) is 21.4 Å². The van der Waals surface area contributed by atoms with Gasteiger partial charge in [0.15, 0.2) is 12.2 Å². The van der Waals surface area contributed by atoms with E-state index in [1.54, 1.807) is 42.9 Å². The predicted octanol–water partition coefficient (Wildman–Crippen LogP) is 2.25. The average molecular weight is 370 g/mol. The molecule has 1 aromatic carbocycles. The fourth-order valence-electron chi connectivity index (χ4n) is 2.36. The van der Waals surface area contributed by atoms with Crippen LogP contribution < -0.4 is 10.1 Å². The molecule has 1 aromatic heterocycles. The first-order chi connectivity index (χ1) is 12.7. The molecule has 0 aliphatic carbocycles. The van der Waals surface area contributed by atoms with Gasteiger partial charge in [-0.2, -0.15) is 10.4 Å². The fraction of sp³-hybridized carbons (Fsp3) is 0.368. The summed E-state index contributed by atoms with van der Waals surface area (Å²) in [5, 5.41) is 15.7. The monoisotopic (exact) mass is 370 g/mol. The molecule has 142 valence electrons. The molecule has 0 aliphatic heterocycles. The van der Waals surface area contributed by atoms with E-state index >= 15 is 0 Å². The summed E-state index contributed by atoms with van der Waals surface area (Å²) in [7, 11) is 1.78. The van der Waals surface area contributed by atoms with Gasteiger partial charge in [-0.1, -0.05) is 0 Å². The summed E-state index contributed by atoms with van der Waals surface area (Å²) < 4.78 is 12.3. The highest BCUT2D eigenvalue weighted by atomic mass is 16.6. The quantitative estimate of drug-likeness (QED) is 0.782. The van der Waals surface area contributed by atoms with Gasteiger partial charge >= 0.3 is 5.97 Å². The molecule has 0 aliphatic rings. The first-order valence-electron chi connectivity index (χ1n) is 8.41. The third kappa shape index (κ3) is 4.85. The van der Waals surface area contributed by atoms with E-state index in [0.717, 1.165) is 5.69 Å². The van der Waals surface area contributed by atoms with Gasteiger partial charge in [0.05, 0.1) is 28.7 Å². The van der Waals surface area contributed by atoms with Crippen LogP contribution in [0.2, 0.25) is 0 Å². The third-order valence-corrected chi connectivity index (χ3v) is 4.05. The summed E-state index contributed by atoms with van der Waals surface area (Å²) in [6.45, 7) is 6.63. The van der Waals surface area contributed by atoms with Crippen molar-refractivity contribution in [1.82, 2.24) is 9.78 Å². The van der Waals surface area contributed by atoms with E-state index in [2.05, 4.69) is 10.4 Å². The number of carbonyl (C=O) groups excluding carboxylic acids is 2. The largest absolute Gasteiger partial charge is 0.479 e. The minimum atomic E-state index is -0.997. The molecule has 0 fully saturated rings. The molecule has 8 nitrogen and oxygen atoms in total. The lowest BCUT2D eigenvalue weighted by molar-refractivity contribution is -0.159. The maximum Gasteiger partial charge on any atom is 0.347 e. The third-order valence-electron chi connectivity index (χ3n) is 4.05. The summed E-state index contributed by atoms with van der Waals surface area (Å²) in [6.07, 6.45) is -1.90. The Labute approximate surface area is 157 Å². The molecule has 0 bridgehead atoms. The van der Waals surface area contributed by atoms with Crippen LogP contribution in [0.5, 0.6) is 5.75 Å². The van der Waals surface area contributed by atoms with Crippen molar-refractivity contribution in [3.63, 3.8) is 0 Å². The van der Waals surface area contributed by atoms with Crippen LogP contribution in [0.3, 0.4) is 0 Å². The molecular formula is C19H22N4O4. The minimum Gasteiger partial charge on any atom is -0.479 e. The van der Waals surface area contributed by atoms with Crippen molar-refractivity contribution in [3.8, 4) is 11.8 Å². The molecule has 0 radical (unpaired) electrons. The zero-order chi connectivity index (χ0) is 20.1. The minimum absolute atomic E-state index is 0.428. The summed E-state index contributed by atoms with van der Waals surface area (Å²) in [5.74, 6) is -0.688. The topological polar surface area (TPSA) is 106 Å². The van der Waals surface area contributed by atoms with E-state index in [1.807, 2.05) is 13.0 Å². The van der Waals surface area contributed by atoms with Crippen molar-refractivity contribution in [2.75, 3.05) is 5.32 Å². The number of hydrogen-bond donors (Lipinski definition) is 1. The molecular weight excluding hydrogens is 348 g/mol. The highest BCUT2D eigenvalue weighted by Gasteiger charge is 2.24. The number of amides is 1. The van der Waals surface area contributed by atoms with E-state index in [4.69, 9.17) is 14.7 Å². The van der Waals surface area contributed by atoms with Crippen LogP contribution in [0.1, 0.15) is 30.8 Å². The number of aromatic nitrogens is 2. The van der Waals surface area contributed by atoms with Crippen molar-refractivity contribution in [2.45, 2.75) is 39.9 Å². The lowest BCUT2D eigenvalue weighted by Gasteiger charge is -2.18. The van der Waals surface area contributed by atoms with Crippen LogP contribution in [0.15, 0.2) is 24.3 Å². The molecule has 27 heavy (non-hydrogen) atoms. The Bertz CT molecular complexity index is 880. The van der Waals surface area contributed by atoms with Crippen molar-refractivity contribution in [3.05, 3.63) is 41.2 Å². The van der Waals surface area contributed by atoms with Gasteiger partial charge in [-0.25, -0.2) is 4.79 Å². The van der Waals surface area contributed by atoms with Crippen molar-refractivity contribution in [2.24, 2.45) is 7.05 Å². The first-order valence-corrected chi connectivity index (χ1v) is 8.41. The van der Waals surface area contributed by atoms with Crippen LogP contribution in [0.4, 0.5) is 5.69 Å². The van der Waals surface area contributed by atoms with Gasteiger partial charge in [0.25, 0.3) is 5.91 Å². The Kier molecular flexibility index (Phi) is 6.19. The molecule has 2 atom stereocenters. The highest BCUT2D eigenvalue weighted by molar-refractivity contribution is 5.96. The zero-order valence-electron chi connectivity index (χ0n) is 15.9. The number of benzene rings is 1. The number of rotatable bonds is 6. The van der Waals surface area contributed by atoms with E-state index in [-0.39, 0.29) is 0 Å². The highest BCUT2D eigenvalue weighted by Crippen LogP contribution is 2.19. The molecule has 2 rings (SSSR count). The Morgan fingerprint density at radius 3 is 2.33 bits per heavy atom. The molecule has 0 saturated heterocycles. The van der Waals surface area contributed by atoms with E-state index in [1.165, 1.54) is 13.8 Å². The lowest BCUT2D eigenvalue weighted by atomic mass is 10.2. The first kappa shape index (κ1) is 20.0. The number of ether oxygens (including phenoxy) is 2. The molecule has 0 saturated carbocycles. The lowest BCUT2D eigenvalue weighted by Crippen LogP contribution is -2.35. The van der Waals surface area contributed by atoms with E-state index in [9.17, 15) is 9.59 Å². The Hall–Kier alpha value is -3.34. The number of nitrogens with zero attached hydrogens (tertiary/aromatic N) is 3. The second kappa shape index (κ2) is 8.36. The molecule has 8 heteroatoms. The van der Waals surface area contributed by atoms with E-state index in [0.29, 0.717) is 22.7 Å². The second-order valence-electron chi connectivity index (χ2n) is 6.13. The van der Waals surface area contributed by atoms with Gasteiger partial charge in [-0.3, -0.25) is 9.48 Å². The summed E-state index contributed by atoms with van der Waals surface area (Å²) in [4.78, 5) is 24.5. The van der Waals surface area contributed by atoms with Gasteiger partial charge in [0.1, 0.15) is 5.75 Å². The SMILES string of the molecule is Cc1nn(C)c(C)c1NC(=O)[C@H](C)OC(=O)[C@H](C)Oc1ccc(C#N)cc1. The van der Waals surface area contributed by atoms with Crippen molar-refractivity contribution in [1.29, 1.82) is 5.26 Å². The standard InChI is InChI=1S/C19H22N4O4/c1-11-17(12(2)23(5)22-11)21-18(24)13(3)27-19(25)14(4)26-16-8-6-15(10-20)7-9-16/h6-9,13-14H,1-5H3,(H,21,24)/t13-,14-/m0/s1. The number of hydrogen-bond acceptors (Lipinski definition) is 6. The van der Waals surface area contributed by atoms with Crippen LogP contribution in [0.25, 0.3) is 0 Å². The maximum atomic E-state index is 12.3. The molecule has 1 heterocycles. The fourth-order valence-corrected chi connectivity index (χ4v) is 2.36. The smallest absolute Gasteiger partial charge is 0.347 e. The van der Waals surface area contributed by atoms with E-state index < -0.39 is 24.1 Å². The maximum absolute atomic E-state index is 12.3. The van der Waals surface area contributed by atoms with Crippen LogP contribution >= 0.6 is 0 Å². The van der Waals surface area contributed by atoms with Gasteiger partial charge in [0, 0.05) is 7.05 Å². The zero-order valence-corrected chi connectivity index (χ0v) is 15.9. The normalized spacial score (nSPS) is 12.6.